The molecule has 0 bridgehead atoms. The average molecular weight is 218 g/mol. The first-order chi connectivity index (χ1) is 7.77. The molecule has 1 rings (SSSR count). The van der Waals surface area contributed by atoms with Crippen molar-refractivity contribution in [1.29, 1.82) is 0 Å². The van der Waals surface area contributed by atoms with Crippen LogP contribution in [0.2, 0.25) is 0 Å². The summed E-state index contributed by atoms with van der Waals surface area (Å²) in [6.45, 7) is 6.69. The van der Waals surface area contributed by atoms with Gasteiger partial charge in [0.2, 0.25) is 0 Å². The lowest BCUT2D eigenvalue weighted by molar-refractivity contribution is 0.752. The highest BCUT2D eigenvalue weighted by atomic mass is 15.1. The smallest absolute Gasteiger partial charge is 0.0366 e. The summed E-state index contributed by atoms with van der Waals surface area (Å²) in [5.41, 5.74) is 10.7. The summed E-state index contributed by atoms with van der Waals surface area (Å²) in [6.07, 6.45) is 0.895. The second kappa shape index (κ2) is 6.75. The van der Waals surface area contributed by atoms with Crippen molar-refractivity contribution >= 4 is 5.69 Å². The molecule has 0 N–H and O–H groups in total. The van der Waals surface area contributed by atoms with E-state index < -0.39 is 0 Å². The topological polar surface area (TPSA) is 52.0 Å². The fourth-order valence-electron chi connectivity index (χ4n) is 1.60. The summed E-state index contributed by atoms with van der Waals surface area (Å²) in [7, 11) is 0. The lowest BCUT2D eigenvalue weighted by atomic mass is 10.2. The maximum Gasteiger partial charge on any atom is 0.0366 e. The van der Waals surface area contributed by atoms with E-state index in [0.717, 1.165) is 19.5 Å². The first-order valence-electron chi connectivity index (χ1n) is 5.60. The number of rotatable bonds is 6. The van der Waals surface area contributed by atoms with Gasteiger partial charge in [0.1, 0.15) is 0 Å². The van der Waals surface area contributed by atoms with Gasteiger partial charge in [-0.05, 0) is 37.9 Å². The van der Waals surface area contributed by atoms with E-state index >= 15 is 0 Å². The number of azide groups is 1. The van der Waals surface area contributed by atoms with Gasteiger partial charge in [0, 0.05) is 30.2 Å². The highest BCUT2D eigenvalue weighted by molar-refractivity contribution is 5.47. The Kier molecular flexibility index (Phi) is 5.23. The molecular formula is C12H18N4. The molecule has 86 valence electrons. The van der Waals surface area contributed by atoms with Crippen molar-refractivity contribution in [3.8, 4) is 0 Å². The minimum atomic E-state index is 0.568. The van der Waals surface area contributed by atoms with Crippen LogP contribution in [-0.2, 0) is 0 Å². The first-order valence-corrected chi connectivity index (χ1v) is 5.60. The van der Waals surface area contributed by atoms with E-state index in [2.05, 4.69) is 53.0 Å². The minimum Gasteiger partial charge on any atom is -0.372 e. The van der Waals surface area contributed by atoms with Crippen LogP contribution in [0.3, 0.4) is 0 Å². The van der Waals surface area contributed by atoms with Gasteiger partial charge in [0.15, 0.2) is 0 Å². The van der Waals surface area contributed by atoms with Gasteiger partial charge in [0.25, 0.3) is 0 Å². The van der Waals surface area contributed by atoms with Crippen molar-refractivity contribution in [1.82, 2.24) is 0 Å². The number of hydrogen-bond donors (Lipinski definition) is 0. The van der Waals surface area contributed by atoms with E-state index in [1.54, 1.807) is 0 Å². The molecule has 0 saturated carbocycles. The zero-order chi connectivity index (χ0) is 11.8. The minimum absolute atomic E-state index is 0.568. The molecule has 0 spiro atoms. The Bertz CT molecular complexity index is 352. The molecule has 1 aromatic carbocycles. The second-order valence-corrected chi connectivity index (χ2v) is 3.72. The van der Waals surface area contributed by atoms with E-state index in [4.69, 9.17) is 5.53 Å². The van der Waals surface area contributed by atoms with Crippen molar-refractivity contribution in [3.63, 3.8) is 0 Å². The molecule has 0 aliphatic heterocycles. The molecule has 0 amide bonds. The molecule has 0 heterocycles. The van der Waals surface area contributed by atoms with Gasteiger partial charge in [-0.2, -0.15) is 0 Å². The maximum absolute atomic E-state index is 8.18. The van der Waals surface area contributed by atoms with Crippen LogP contribution in [0.4, 0.5) is 5.69 Å². The largest absolute Gasteiger partial charge is 0.372 e. The lowest BCUT2D eigenvalue weighted by Gasteiger charge is -2.22. The van der Waals surface area contributed by atoms with Crippen LogP contribution in [0.25, 0.3) is 10.4 Å². The molecule has 0 aromatic heterocycles. The van der Waals surface area contributed by atoms with Crippen LogP contribution in [0.1, 0.15) is 18.9 Å². The third-order valence-electron chi connectivity index (χ3n) is 2.53. The number of aryl methyl sites for hydroxylation is 1. The Morgan fingerprint density at radius 2 is 2.00 bits per heavy atom. The highest BCUT2D eigenvalue weighted by Gasteiger charge is 2.02. The van der Waals surface area contributed by atoms with Crippen LogP contribution in [0, 0.1) is 6.92 Å². The number of anilines is 1. The van der Waals surface area contributed by atoms with Crippen LogP contribution < -0.4 is 4.90 Å². The Morgan fingerprint density at radius 3 is 2.56 bits per heavy atom. The Morgan fingerprint density at radius 1 is 1.31 bits per heavy atom. The van der Waals surface area contributed by atoms with Crippen molar-refractivity contribution in [2.24, 2.45) is 5.11 Å². The van der Waals surface area contributed by atoms with E-state index in [1.807, 2.05) is 0 Å². The predicted octanol–water partition coefficient (Wildman–Crippen LogP) is 3.52. The molecule has 0 unspecified atom stereocenters. The summed E-state index contributed by atoms with van der Waals surface area (Å²) in [5, 5.41) is 3.54. The predicted molar refractivity (Wildman–Crippen MR) is 67.7 cm³/mol. The highest BCUT2D eigenvalue weighted by Crippen LogP contribution is 2.14. The lowest BCUT2D eigenvalue weighted by Crippen LogP contribution is -2.24. The van der Waals surface area contributed by atoms with Gasteiger partial charge in [-0.15, -0.1) is 0 Å². The molecule has 0 radical (unpaired) electrons. The molecule has 0 fully saturated rings. The molecular weight excluding hydrogens is 200 g/mol. The number of nitrogens with zero attached hydrogens (tertiary/aromatic N) is 4. The van der Waals surface area contributed by atoms with Gasteiger partial charge < -0.3 is 4.90 Å². The Labute approximate surface area is 96.5 Å². The van der Waals surface area contributed by atoms with E-state index in [-0.39, 0.29) is 0 Å². The van der Waals surface area contributed by atoms with E-state index in [1.165, 1.54) is 11.3 Å². The zero-order valence-electron chi connectivity index (χ0n) is 9.93. The van der Waals surface area contributed by atoms with Crippen LogP contribution >= 0.6 is 0 Å². The van der Waals surface area contributed by atoms with Gasteiger partial charge >= 0.3 is 0 Å². The Hall–Kier alpha value is -1.67. The molecule has 16 heavy (non-hydrogen) atoms. The second-order valence-electron chi connectivity index (χ2n) is 3.72. The van der Waals surface area contributed by atoms with Gasteiger partial charge in [-0.3, -0.25) is 0 Å². The fourth-order valence-corrected chi connectivity index (χ4v) is 1.60. The van der Waals surface area contributed by atoms with Crippen molar-refractivity contribution in [2.75, 3.05) is 24.5 Å². The van der Waals surface area contributed by atoms with Crippen LogP contribution in [0.5, 0.6) is 0 Å². The van der Waals surface area contributed by atoms with Crippen LogP contribution in [-0.4, -0.2) is 19.6 Å². The standard InChI is InChI=1S/C12H18N4/c1-3-16(10-4-9-14-15-13)12-7-5-11(2)6-8-12/h5-8H,3-4,9-10H2,1-2H3. The summed E-state index contributed by atoms with van der Waals surface area (Å²) in [6, 6.07) is 8.50. The quantitative estimate of drug-likeness (QED) is 0.312. The molecule has 0 saturated heterocycles. The fraction of sp³-hybridized carbons (Fsp3) is 0.500. The molecule has 1 aromatic rings. The first kappa shape index (κ1) is 12.4. The molecule has 0 aliphatic carbocycles. The van der Waals surface area contributed by atoms with Gasteiger partial charge in [-0.25, -0.2) is 0 Å². The summed E-state index contributed by atoms with van der Waals surface area (Å²) >= 11 is 0. The number of hydrogen-bond acceptors (Lipinski definition) is 2. The normalized spacial score (nSPS) is 9.62. The summed E-state index contributed by atoms with van der Waals surface area (Å²) in [4.78, 5) is 5.03. The van der Waals surface area contributed by atoms with Gasteiger partial charge in [0.05, 0.1) is 0 Å². The number of benzene rings is 1. The van der Waals surface area contributed by atoms with Crippen molar-refractivity contribution < 1.29 is 0 Å². The summed E-state index contributed by atoms with van der Waals surface area (Å²) < 4.78 is 0. The third kappa shape index (κ3) is 3.83. The van der Waals surface area contributed by atoms with Gasteiger partial charge in [-0.1, -0.05) is 22.8 Å². The molecule has 0 aliphatic rings. The monoisotopic (exact) mass is 218 g/mol. The molecule has 4 nitrogen and oxygen atoms in total. The Balaban J connectivity index is 2.53. The van der Waals surface area contributed by atoms with E-state index in [9.17, 15) is 0 Å². The third-order valence-corrected chi connectivity index (χ3v) is 2.53. The maximum atomic E-state index is 8.18. The van der Waals surface area contributed by atoms with Crippen LogP contribution in [0.15, 0.2) is 29.4 Å². The summed E-state index contributed by atoms with van der Waals surface area (Å²) in [5.74, 6) is 0. The van der Waals surface area contributed by atoms with Crippen molar-refractivity contribution in [2.45, 2.75) is 20.3 Å². The zero-order valence-corrected chi connectivity index (χ0v) is 9.93. The average Bonchev–Trinajstić information content (AvgIpc) is 2.31. The SMILES string of the molecule is CCN(CCCN=[N+]=[N-])c1ccc(C)cc1. The van der Waals surface area contributed by atoms with Crippen molar-refractivity contribution in [3.05, 3.63) is 40.3 Å². The molecule has 4 heteroatoms. The molecule has 0 atom stereocenters. The van der Waals surface area contributed by atoms with E-state index in [0.29, 0.717) is 6.54 Å².